The number of carbonyl (C=O) groups excluding carboxylic acids is 1. The van der Waals surface area contributed by atoms with E-state index in [2.05, 4.69) is 42.0 Å². The van der Waals surface area contributed by atoms with Gasteiger partial charge in [0, 0.05) is 30.7 Å². The second-order valence-electron chi connectivity index (χ2n) is 6.66. The second kappa shape index (κ2) is 7.19. The molecule has 3 aromatic rings. The molecule has 0 saturated heterocycles. The predicted octanol–water partition coefficient (Wildman–Crippen LogP) is 4.15. The molecule has 5 nitrogen and oxygen atoms in total. The van der Waals surface area contributed by atoms with Crippen molar-refractivity contribution in [3.8, 4) is 0 Å². The molecular weight excluding hydrogens is 336 g/mol. The topological polar surface area (TPSA) is 49.3 Å². The smallest absolute Gasteiger partial charge is 0.277 e. The number of rotatable bonds is 4. The second-order valence-corrected chi connectivity index (χ2v) is 6.66. The maximum Gasteiger partial charge on any atom is 0.277 e. The van der Waals surface area contributed by atoms with Crippen LogP contribution in [0, 0.1) is 6.92 Å². The summed E-state index contributed by atoms with van der Waals surface area (Å²) in [6.45, 7) is 5.51. The minimum Gasteiger partial charge on any atom is -0.311 e. The molecule has 0 bridgehead atoms. The molecule has 4 rings (SSSR count). The number of hydrogen-bond acceptors (Lipinski definition) is 4. The molecule has 2 aromatic carbocycles. The molecular formula is C22H22N4O. The first-order valence-electron chi connectivity index (χ1n) is 9.24. The van der Waals surface area contributed by atoms with Gasteiger partial charge in [0.25, 0.3) is 5.91 Å². The molecule has 2 heterocycles. The highest BCUT2D eigenvalue weighted by atomic mass is 16.2. The Morgan fingerprint density at radius 1 is 1.15 bits per heavy atom. The Hall–Kier alpha value is -3.21. The van der Waals surface area contributed by atoms with Gasteiger partial charge in [-0.05, 0) is 55.7 Å². The van der Waals surface area contributed by atoms with Crippen LogP contribution in [0.5, 0.6) is 0 Å². The predicted molar refractivity (Wildman–Crippen MR) is 108 cm³/mol. The number of carbonyl (C=O) groups is 1. The maximum atomic E-state index is 13.1. The summed E-state index contributed by atoms with van der Waals surface area (Å²) < 4.78 is 0. The summed E-state index contributed by atoms with van der Waals surface area (Å²) in [5, 5.41) is 0. The van der Waals surface area contributed by atoms with Crippen LogP contribution >= 0.6 is 0 Å². The number of aromatic nitrogens is 2. The standard InChI is InChI=1S/C22H22N4O/c1-3-25(18-9-6-7-16(2)15-18)22-23-13-11-19(24-22)21(27)26-14-12-17-8-4-5-10-20(17)26/h4-11,13,15H,3,12,14H2,1-2H3. The highest BCUT2D eigenvalue weighted by molar-refractivity contribution is 6.06. The van der Waals surface area contributed by atoms with Crippen LogP contribution in [0.4, 0.5) is 17.3 Å². The van der Waals surface area contributed by atoms with Crippen LogP contribution in [0.15, 0.2) is 60.8 Å². The van der Waals surface area contributed by atoms with Crippen molar-refractivity contribution in [2.75, 3.05) is 22.9 Å². The molecule has 27 heavy (non-hydrogen) atoms. The quantitative estimate of drug-likeness (QED) is 0.703. The van der Waals surface area contributed by atoms with Gasteiger partial charge in [0.1, 0.15) is 5.69 Å². The van der Waals surface area contributed by atoms with Crippen LogP contribution in [0.2, 0.25) is 0 Å². The third kappa shape index (κ3) is 3.28. The van der Waals surface area contributed by atoms with E-state index in [1.54, 1.807) is 12.3 Å². The van der Waals surface area contributed by atoms with Crippen molar-refractivity contribution in [2.45, 2.75) is 20.3 Å². The molecule has 0 fully saturated rings. The number of nitrogens with zero attached hydrogens (tertiary/aromatic N) is 4. The third-order valence-corrected chi connectivity index (χ3v) is 4.87. The summed E-state index contributed by atoms with van der Waals surface area (Å²) in [4.78, 5) is 25.9. The van der Waals surface area contributed by atoms with Gasteiger partial charge in [-0.25, -0.2) is 9.97 Å². The van der Waals surface area contributed by atoms with E-state index in [9.17, 15) is 4.79 Å². The summed E-state index contributed by atoms with van der Waals surface area (Å²) in [6, 6.07) is 17.9. The Morgan fingerprint density at radius 3 is 2.81 bits per heavy atom. The summed E-state index contributed by atoms with van der Waals surface area (Å²) in [5.74, 6) is 0.463. The van der Waals surface area contributed by atoms with E-state index in [1.165, 1.54) is 11.1 Å². The lowest BCUT2D eigenvalue weighted by Gasteiger charge is -2.22. The highest BCUT2D eigenvalue weighted by Crippen LogP contribution is 2.29. The van der Waals surface area contributed by atoms with Crippen molar-refractivity contribution in [3.05, 3.63) is 77.6 Å². The molecule has 0 aliphatic carbocycles. The molecule has 0 saturated carbocycles. The molecule has 1 aliphatic heterocycles. The lowest BCUT2D eigenvalue weighted by Crippen LogP contribution is -2.30. The van der Waals surface area contributed by atoms with Crippen LogP contribution in [0.25, 0.3) is 0 Å². The molecule has 0 spiro atoms. The average Bonchev–Trinajstić information content (AvgIpc) is 3.12. The normalized spacial score (nSPS) is 12.7. The minimum absolute atomic E-state index is 0.0797. The molecule has 136 valence electrons. The van der Waals surface area contributed by atoms with E-state index in [4.69, 9.17) is 0 Å². The van der Waals surface area contributed by atoms with Crippen molar-refractivity contribution in [1.29, 1.82) is 0 Å². The first-order valence-corrected chi connectivity index (χ1v) is 9.24. The first kappa shape index (κ1) is 17.2. The lowest BCUT2D eigenvalue weighted by atomic mass is 10.2. The Labute approximate surface area is 159 Å². The number of anilines is 3. The lowest BCUT2D eigenvalue weighted by molar-refractivity contribution is 0.0984. The van der Waals surface area contributed by atoms with E-state index in [1.807, 2.05) is 40.1 Å². The Balaban J connectivity index is 1.65. The van der Waals surface area contributed by atoms with Gasteiger partial charge >= 0.3 is 0 Å². The molecule has 0 N–H and O–H groups in total. The van der Waals surface area contributed by atoms with Crippen LogP contribution < -0.4 is 9.80 Å². The minimum atomic E-state index is -0.0797. The fraction of sp³-hybridized carbons (Fsp3) is 0.227. The number of benzene rings is 2. The van der Waals surface area contributed by atoms with Gasteiger partial charge in [0.2, 0.25) is 5.95 Å². The van der Waals surface area contributed by atoms with Gasteiger partial charge < -0.3 is 9.80 Å². The fourth-order valence-electron chi connectivity index (χ4n) is 3.52. The average molecular weight is 358 g/mol. The van der Waals surface area contributed by atoms with Crippen molar-refractivity contribution < 1.29 is 4.79 Å². The zero-order valence-electron chi connectivity index (χ0n) is 15.6. The third-order valence-electron chi connectivity index (χ3n) is 4.87. The van der Waals surface area contributed by atoms with Crippen LogP contribution in [-0.4, -0.2) is 29.0 Å². The summed E-state index contributed by atoms with van der Waals surface area (Å²) >= 11 is 0. The largest absolute Gasteiger partial charge is 0.311 e. The number of para-hydroxylation sites is 1. The molecule has 1 aliphatic rings. The van der Waals surface area contributed by atoms with Gasteiger partial charge in [-0.1, -0.05) is 30.3 Å². The Kier molecular flexibility index (Phi) is 4.59. The highest BCUT2D eigenvalue weighted by Gasteiger charge is 2.26. The van der Waals surface area contributed by atoms with Crippen molar-refractivity contribution >= 4 is 23.2 Å². The first-order chi connectivity index (χ1) is 13.2. The van der Waals surface area contributed by atoms with E-state index < -0.39 is 0 Å². The molecule has 1 aromatic heterocycles. The van der Waals surface area contributed by atoms with E-state index >= 15 is 0 Å². The van der Waals surface area contributed by atoms with Crippen LogP contribution in [0.3, 0.4) is 0 Å². The molecule has 1 amide bonds. The maximum absolute atomic E-state index is 13.1. The van der Waals surface area contributed by atoms with Crippen molar-refractivity contribution in [1.82, 2.24) is 9.97 Å². The van der Waals surface area contributed by atoms with Gasteiger partial charge in [-0.15, -0.1) is 0 Å². The summed E-state index contributed by atoms with van der Waals surface area (Å²) in [5.41, 5.74) is 4.80. The summed E-state index contributed by atoms with van der Waals surface area (Å²) in [7, 11) is 0. The number of aryl methyl sites for hydroxylation is 1. The number of hydrogen-bond donors (Lipinski definition) is 0. The Morgan fingerprint density at radius 2 is 2.00 bits per heavy atom. The Bertz CT molecular complexity index is 985. The van der Waals surface area contributed by atoms with Crippen molar-refractivity contribution in [3.63, 3.8) is 0 Å². The molecule has 0 radical (unpaired) electrons. The summed E-state index contributed by atoms with van der Waals surface area (Å²) in [6.07, 6.45) is 2.54. The van der Waals surface area contributed by atoms with Gasteiger partial charge in [-0.2, -0.15) is 0 Å². The van der Waals surface area contributed by atoms with Crippen LogP contribution in [0.1, 0.15) is 28.5 Å². The molecule has 5 heteroatoms. The van der Waals surface area contributed by atoms with Gasteiger partial charge in [0.05, 0.1) is 0 Å². The number of fused-ring (bicyclic) bond motifs is 1. The molecule has 0 unspecified atom stereocenters. The SMILES string of the molecule is CCN(c1cccc(C)c1)c1nccc(C(=O)N2CCc3ccccc32)n1. The zero-order chi connectivity index (χ0) is 18.8. The van der Waals surface area contributed by atoms with E-state index in [0.29, 0.717) is 24.7 Å². The van der Waals surface area contributed by atoms with E-state index in [-0.39, 0.29) is 5.91 Å². The van der Waals surface area contributed by atoms with E-state index in [0.717, 1.165) is 17.8 Å². The monoisotopic (exact) mass is 358 g/mol. The van der Waals surface area contributed by atoms with Gasteiger partial charge in [0.15, 0.2) is 0 Å². The molecule has 0 atom stereocenters. The van der Waals surface area contributed by atoms with Gasteiger partial charge in [-0.3, -0.25) is 4.79 Å². The van der Waals surface area contributed by atoms with Crippen LogP contribution in [-0.2, 0) is 6.42 Å². The zero-order valence-corrected chi connectivity index (χ0v) is 15.6. The fourth-order valence-corrected chi connectivity index (χ4v) is 3.52. The van der Waals surface area contributed by atoms with Crippen molar-refractivity contribution in [2.24, 2.45) is 0 Å². The number of amides is 1.